The minimum Gasteiger partial charge on any atom is -0.310 e. The van der Waals surface area contributed by atoms with E-state index in [2.05, 4.69) is 198 Å². The van der Waals surface area contributed by atoms with Gasteiger partial charge in [-0.25, -0.2) is 0 Å². The van der Waals surface area contributed by atoms with Crippen molar-refractivity contribution >= 4 is 17.1 Å². The van der Waals surface area contributed by atoms with Gasteiger partial charge in [-0.3, -0.25) is 0 Å². The first-order valence-corrected chi connectivity index (χ1v) is 21.6. The van der Waals surface area contributed by atoms with E-state index in [1.54, 1.807) is 0 Å². The number of rotatable bonds is 6. The van der Waals surface area contributed by atoms with Gasteiger partial charge in [0.25, 0.3) is 0 Å². The zero-order chi connectivity index (χ0) is 39.8. The topological polar surface area (TPSA) is 3.24 Å². The van der Waals surface area contributed by atoms with Gasteiger partial charge < -0.3 is 4.90 Å². The Morgan fingerprint density at radius 3 is 1.76 bits per heavy atom. The lowest BCUT2D eigenvalue weighted by Gasteiger charge is -2.43. The van der Waals surface area contributed by atoms with Gasteiger partial charge >= 0.3 is 0 Å². The quantitative estimate of drug-likeness (QED) is 0.163. The lowest BCUT2D eigenvalue weighted by Crippen LogP contribution is -2.34. The van der Waals surface area contributed by atoms with Crippen LogP contribution in [0.4, 0.5) is 17.1 Å². The van der Waals surface area contributed by atoms with Gasteiger partial charge in [-0.15, -0.1) is 0 Å². The molecule has 1 heteroatoms. The highest BCUT2D eigenvalue weighted by molar-refractivity contribution is 5.95. The summed E-state index contributed by atoms with van der Waals surface area (Å²) in [4.78, 5) is 2.49. The molecule has 3 aliphatic carbocycles. The van der Waals surface area contributed by atoms with Crippen LogP contribution in [-0.2, 0) is 29.1 Å². The first-order chi connectivity index (χ1) is 28.0. The fourth-order valence-corrected chi connectivity index (χ4v) is 10.7. The third-order valence-corrected chi connectivity index (χ3v) is 14.1. The molecule has 10 rings (SSSR count). The van der Waals surface area contributed by atoms with E-state index in [9.17, 15) is 0 Å². The van der Waals surface area contributed by atoms with Gasteiger partial charge in [-0.1, -0.05) is 157 Å². The zero-order valence-electron chi connectivity index (χ0n) is 35.1. The van der Waals surface area contributed by atoms with Crippen LogP contribution in [-0.4, -0.2) is 0 Å². The standard InChI is InChI=1S/C57H55N/c1-55(2)33-34-56(3,4)54-46(20-14-22-51(54)55)40-29-31-45(32-30-40)58(44-17-8-7-9-18-44)53-37-52-49(47-19-12-13-21-50(47)57(52,5)6)36-48(53)41-26-23-39(24-27-41)43-28-25-38-15-10-11-16-42(38)35-43/h7-9,12-14,17-32,35-37H,10-11,15-16,33-34H2,1-6H3. The molecule has 3 aliphatic rings. The molecule has 0 atom stereocenters. The molecule has 0 saturated heterocycles. The fraction of sp³-hybridized carbons (Fsp3) is 0.263. The Bertz CT molecular complexity index is 2670. The minimum atomic E-state index is -0.130. The number of hydrogen-bond donors (Lipinski definition) is 0. The summed E-state index contributed by atoms with van der Waals surface area (Å²) >= 11 is 0. The molecule has 0 N–H and O–H groups in total. The van der Waals surface area contributed by atoms with Crippen molar-refractivity contribution in [2.45, 2.75) is 96.3 Å². The van der Waals surface area contributed by atoms with E-state index < -0.39 is 0 Å². The Morgan fingerprint density at radius 1 is 0.397 bits per heavy atom. The second-order valence-corrected chi connectivity index (χ2v) is 19.1. The molecule has 0 fully saturated rings. The van der Waals surface area contributed by atoms with Gasteiger partial charge in [0.2, 0.25) is 0 Å². The van der Waals surface area contributed by atoms with E-state index in [4.69, 9.17) is 0 Å². The van der Waals surface area contributed by atoms with Crippen molar-refractivity contribution in [3.05, 3.63) is 185 Å². The van der Waals surface area contributed by atoms with Crippen LogP contribution in [0, 0.1) is 0 Å². The van der Waals surface area contributed by atoms with Crippen molar-refractivity contribution in [1.82, 2.24) is 0 Å². The van der Waals surface area contributed by atoms with Crippen LogP contribution in [0.2, 0.25) is 0 Å². The smallest absolute Gasteiger partial charge is 0.0543 e. The van der Waals surface area contributed by atoms with Crippen LogP contribution >= 0.6 is 0 Å². The van der Waals surface area contributed by atoms with Crippen LogP contribution in [0.25, 0.3) is 44.5 Å². The van der Waals surface area contributed by atoms with Gasteiger partial charge in [0.1, 0.15) is 0 Å². The molecule has 0 radical (unpaired) electrons. The predicted molar refractivity (Wildman–Crippen MR) is 247 cm³/mol. The molecule has 0 unspecified atom stereocenters. The number of nitrogens with zero attached hydrogens (tertiary/aromatic N) is 1. The summed E-state index contributed by atoms with van der Waals surface area (Å²) in [5.41, 5.74) is 22.9. The van der Waals surface area contributed by atoms with Crippen LogP contribution in [0.5, 0.6) is 0 Å². The van der Waals surface area contributed by atoms with Crippen LogP contribution < -0.4 is 4.90 Å². The molecular formula is C57H55N. The SMILES string of the molecule is CC1(C)CCC(C)(C)c2c(-c3ccc(N(c4ccccc4)c4cc5c(cc4-c4ccc(-c6ccc7c(c6)CCCC7)cc4)-c4ccccc4C5(C)C)cc3)cccc21. The summed E-state index contributed by atoms with van der Waals surface area (Å²) in [7, 11) is 0. The second kappa shape index (κ2) is 13.7. The van der Waals surface area contributed by atoms with E-state index in [0.717, 1.165) is 11.4 Å². The van der Waals surface area contributed by atoms with Gasteiger partial charge in [0.15, 0.2) is 0 Å². The maximum absolute atomic E-state index is 2.50. The monoisotopic (exact) mass is 753 g/mol. The molecule has 58 heavy (non-hydrogen) atoms. The summed E-state index contributed by atoms with van der Waals surface area (Å²) in [5.74, 6) is 0. The molecular weight excluding hydrogens is 699 g/mol. The molecule has 0 amide bonds. The largest absolute Gasteiger partial charge is 0.310 e. The third kappa shape index (κ3) is 6.05. The summed E-state index contributed by atoms with van der Waals surface area (Å²) in [6, 6.07) is 57.8. The lowest BCUT2D eigenvalue weighted by molar-refractivity contribution is 0.333. The van der Waals surface area contributed by atoms with Crippen molar-refractivity contribution in [3.63, 3.8) is 0 Å². The molecule has 1 nitrogen and oxygen atoms in total. The van der Waals surface area contributed by atoms with E-state index in [1.807, 2.05) is 0 Å². The van der Waals surface area contributed by atoms with E-state index in [1.165, 1.54) is 122 Å². The molecule has 7 aromatic rings. The summed E-state index contributed by atoms with van der Waals surface area (Å²) in [5, 5.41) is 0. The van der Waals surface area contributed by atoms with E-state index >= 15 is 0 Å². The normalized spacial score (nSPS) is 16.8. The summed E-state index contributed by atoms with van der Waals surface area (Å²) < 4.78 is 0. The highest BCUT2D eigenvalue weighted by Gasteiger charge is 2.39. The van der Waals surface area contributed by atoms with Gasteiger partial charge in [-0.2, -0.15) is 0 Å². The number of hydrogen-bond acceptors (Lipinski definition) is 1. The van der Waals surface area contributed by atoms with Crippen molar-refractivity contribution in [2.24, 2.45) is 0 Å². The van der Waals surface area contributed by atoms with Crippen molar-refractivity contribution < 1.29 is 0 Å². The highest BCUT2D eigenvalue weighted by atomic mass is 15.1. The van der Waals surface area contributed by atoms with E-state index in [-0.39, 0.29) is 16.2 Å². The van der Waals surface area contributed by atoms with Gasteiger partial charge in [-0.05, 0) is 158 Å². The van der Waals surface area contributed by atoms with Crippen molar-refractivity contribution in [3.8, 4) is 44.5 Å². The number of fused-ring (bicyclic) bond motifs is 5. The van der Waals surface area contributed by atoms with Crippen LogP contribution in [0.1, 0.15) is 101 Å². The third-order valence-electron chi connectivity index (χ3n) is 14.1. The Kier molecular flexibility index (Phi) is 8.68. The van der Waals surface area contributed by atoms with Gasteiger partial charge in [0.05, 0.1) is 5.69 Å². The van der Waals surface area contributed by atoms with Crippen molar-refractivity contribution in [2.75, 3.05) is 4.90 Å². The number of anilines is 3. The Balaban J connectivity index is 1.13. The number of benzene rings is 7. The molecule has 0 bridgehead atoms. The average Bonchev–Trinajstić information content (AvgIpc) is 3.47. The lowest BCUT2D eigenvalue weighted by atomic mass is 9.61. The average molecular weight is 754 g/mol. The highest BCUT2D eigenvalue weighted by Crippen LogP contribution is 2.54. The molecule has 0 saturated carbocycles. The number of aryl methyl sites for hydroxylation is 2. The molecule has 0 heterocycles. The minimum absolute atomic E-state index is 0.120. The Morgan fingerprint density at radius 2 is 0.983 bits per heavy atom. The molecule has 288 valence electrons. The molecule has 0 aromatic heterocycles. The predicted octanol–water partition coefficient (Wildman–Crippen LogP) is 15.7. The molecule has 0 spiro atoms. The van der Waals surface area contributed by atoms with Crippen LogP contribution in [0.3, 0.4) is 0 Å². The van der Waals surface area contributed by atoms with Gasteiger partial charge in [0, 0.05) is 22.4 Å². The van der Waals surface area contributed by atoms with Crippen molar-refractivity contribution in [1.29, 1.82) is 0 Å². The van der Waals surface area contributed by atoms with Crippen LogP contribution in [0.15, 0.2) is 152 Å². The second-order valence-electron chi connectivity index (χ2n) is 19.1. The zero-order valence-corrected chi connectivity index (χ0v) is 35.1. The summed E-state index contributed by atoms with van der Waals surface area (Å²) in [6.45, 7) is 14.5. The maximum Gasteiger partial charge on any atom is 0.0543 e. The molecule has 7 aromatic carbocycles. The first kappa shape index (κ1) is 36.7. The first-order valence-electron chi connectivity index (χ1n) is 21.6. The fourth-order valence-electron chi connectivity index (χ4n) is 10.7. The molecule has 0 aliphatic heterocycles. The maximum atomic E-state index is 2.50. The summed E-state index contributed by atoms with van der Waals surface area (Å²) in [6.07, 6.45) is 7.41. The Labute approximate surface area is 346 Å². The number of para-hydroxylation sites is 1. The Hall–Kier alpha value is -5.66. The van der Waals surface area contributed by atoms with E-state index in [0.29, 0.717) is 0 Å².